The Labute approximate surface area is 224 Å². The number of ether oxygens (including phenoxy) is 2. The Bertz CT molecular complexity index is 1370. The first-order valence-corrected chi connectivity index (χ1v) is 13.3. The van der Waals surface area contributed by atoms with E-state index in [-0.39, 0.29) is 11.7 Å². The van der Waals surface area contributed by atoms with Gasteiger partial charge in [-0.1, -0.05) is 85.8 Å². The quantitative estimate of drug-likeness (QED) is 0.349. The Morgan fingerprint density at radius 3 is 2.34 bits per heavy atom. The summed E-state index contributed by atoms with van der Waals surface area (Å²) in [5.74, 6) is -0.178. The highest BCUT2D eigenvalue weighted by molar-refractivity contribution is 6.04. The van der Waals surface area contributed by atoms with Gasteiger partial charge in [-0.25, -0.2) is 4.79 Å². The van der Waals surface area contributed by atoms with E-state index in [0.29, 0.717) is 48.6 Å². The van der Waals surface area contributed by atoms with Crippen LogP contribution in [0.2, 0.25) is 0 Å². The second-order valence-corrected chi connectivity index (χ2v) is 9.88. The smallest absolute Gasteiger partial charge is 0.336 e. The highest BCUT2D eigenvalue weighted by Crippen LogP contribution is 2.47. The van der Waals surface area contributed by atoms with Crippen LogP contribution in [-0.2, 0) is 20.9 Å². The van der Waals surface area contributed by atoms with E-state index in [1.54, 1.807) is 0 Å². The zero-order valence-electron chi connectivity index (χ0n) is 21.9. The Kier molecular flexibility index (Phi) is 7.73. The zero-order valence-corrected chi connectivity index (χ0v) is 21.9. The number of carbonyl (C=O) groups is 2. The summed E-state index contributed by atoms with van der Waals surface area (Å²) in [7, 11) is 0. The fourth-order valence-corrected chi connectivity index (χ4v) is 5.44. The summed E-state index contributed by atoms with van der Waals surface area (Å²) in [6.45, 7) is 4.57. The molecule has 1 aliphatic carbocycles. The second kappa shape index (κ2) is 11.5. The van der Waals surface area contributed by atoms with Crippen molar-refractivity contribution in [3.05, 3.63) is 124 Å². The summed E-state index contributed by atoms with van der Waals surface area (Å²) in [6.07, 6.45) is 1.81. The van der Waals surface area contributed by atoms with Gasteiger partial charge in [0, 0.05) is 29.0 Å². The maximum absolute atomic E-state index is 13.9. The van der Waals surface area contributed by atoms with Crippen LogP contribution in [0.4, 0.5) is 0 Å². The fourth-order valence-electron chi connectivity index (χ4n) is 5.44. The van der Waals surface area contributed by atoms with E-state index < -0.39 is 11.9 Å². The molecule has 3 aromatic rings. The van der Waals surface area contributed by atoms with Crippen LogP contribution in [0.3, 0.4) is 0 Å². The number of hydrogen-bond donors (Lipinski definition) is 1. The number of dihydropyridines is 1. The molecule has 0 fully saturated rings. The molecular weight excluding hydrogens is 474 g/mol. The predicted molar refractivity (Wildman–Crippen MR) is 147 cm³/mol. The Balaban J connectivity index is 1.56. The second-order valence-electron chi connectivity index (χ2n) is 9.88. The van der Waals surface area contributed by atoms with Crippen LogP contribution in [-0.4, -0.2) is 18.4 Å². The minimum atomic E-state index is -0.563. The van der Waals surface area contributed by atoms with Crippen molar-refractivity contribution in [3.63, 3.8) is 0 Å². The molecule has 0 unspecified atom stereocenters. The summed E-state index contributed by atoms with van der Waals surface area (Å²) in [5.41, 5.74) is 5.69. The molecule has 2 atom stereocenters. The van der Waals surface area contributed by atoms with Gasteiger partial charge < -0.3 is 14.8 Å². The van der Waals surface area contributed by atoms with Gasteiger partial charge in [0.05, 0.1) is 18.1 Å². The Morgan fingerprint density at radius 2 is 1.61 bits per heavy atom. The third kappa shape index (κ3) is 5.28. The van der Waals surface area contributed by atoms with Gasteiger partial charge in [-0.05, 0) is 42.9 Å². The van der Waals surface area contributed by atoms with Crippen molar-refractivity contribution in [2.24, 2.45) is 0 Å². The zero-order chi connectivity index (χ0) is 26.5. The molecule has 0 saturated carbocycles. The first kappa shape index (κ1) is 25.5. The number of allylic oxidation sites excluding steroid dienone is 3. The molecule has 1 aliphatic heterocycles. The van der Waals surface area contributed by atoms with E-state index >= 15 is 0 Å². The first-order valence-electron chi connectivity index (χ1n) is 13.3. The van der Waals surface area contributed by atoms with Crippen LogP contribution >= 0.6 is 0 Å². The number of rotatable bonds is 8. The standard InChI is InChI=1S/C33H33NO4/c1-3-18-37-33(36)30-22(2)34-27-19-25(24-14-8-5-9-15-24)20-28(35)32(27)31(30)26-16-10-11-17-29(26)38-21-23-12-6-4-7-13-23/h4-17,25,31,34H,3,18-21H2,1-2H3/t25-,31+/m0/s1. The first-order chi connectivity index (χ1) is 18.6. The number of ketones is 1. The molecule has 5 rings (SSSR count). The van der Waals surface area contributed by atoms with Crippen molar-refractivity contribution in [3.8, 4) is 5.75 Å². The summed E-state index contributed by atoms with van der Waals surface area (Å²) in [4.78, 5) is 27.3. The monoisotopic (exact) mass is 507 g/mol. The minimum Gasteiger partial charge on any atom is -0.489 e. The lowest BCUT2D eigenvalue weighted by Gasteiger charge is -2.37. The van der Waals surface area contributed by atoms with Crippen molar-refractivity contribution in [1.29, 1.82) is 0 Å². The molecule has 5 nitrogen and oxygen atoms in total. The normalized spacial score (nSPS) is 19.1. The highest BCUT2D eigenvalue weighted by Gasteiger charge is 2.42. The van der Waals surface area contributed by atoms with Crippen molar-refractivity contribution in [2.45, 2.75) is 51.6 Å². The molecule has 0 radical (unpaired) electrons. The topological polar surface area (TPSA) is 64.6 Å². The Morgan fingerprint density at radius 1 is 0.921 bits per heavy atom. The number of para-hydroxylation sites is 1. The van der Waals surface area contributed by atoms with Gasteiger partial charge >= 0.3 is 5.97 Å². The molecule has 5 heteroatoms. The van der Waals surface area contributed by atoms with Crippen LogP contribution < -0.4 is 10.1 Å². The summed E-state index contributed by atoms with van der Waals surface area (Å²) >= 11 is 0. The van der Waals surface area contributed by atoms with Crippen LogP contribution in [0.25, 0.3) is 0 Å². The summed E-state index contributed by atoms with van der Waals surface area (Å²) < 4.78 is 11.9. The maximum atomic E-state index is 13.9. The van der Waals surface area contributed by atoms with Gasteiger partial charge in [-0.3, -0.25) is 4.79 Å². The van der Waals surface area contributed by atoms with E-state index in [4.69, 9.17) is 9.47 Å². The van der Waals surface area contributed by atoms with Crippen LogP contribution in [0, 0.1) is 0 Å². The van der Waals surface area contributed by atoms with Gasteiger partial charge in [0.25, 0.3) is 0 Å². The van der Waals surface area contributed by atoms with Crippen molar-refractivity contribution in [1.82, 2.24) is 5.32 Å². The average Bonchev–Trinajstić information content (AvgIpc) is 2.95. The lowest BCUT2D eigenvalue weighted by molar-refractivity contribution is -0.139. The maximum Gasteiger partial charge on any atom is 0.336 e. The van der Waals surface area contributed by atoms with Crippen LogP contribution in [0.15, 0.2) is 107 Å². The van der Waals surface area contributed by atoms with E-state index in [0.717, 1.165) is 28.8 Å². The molecule has 0 spiro atoms. The highest BCUT2D eigenvalue weighted by atomic mass is 16.5. The fraction of sp³-hybridized carbons (Fsp3) is 0.273. The number of hydrogen-bond acceptors (Lipinski definition) is 5. The van der Waals surface area contributed by atoms with E-state index in [2.05, 4.69) is 17.4 Å². The van der Waals surface area contributed by atoms with Gasteiger partial charge in [0.2, 0.25) is 0 Å². The van der Waals surface area contributed by atoms with Crippen molar-refractivity contribution >= 4 is 11.8 Å². The lowest BCUT2D eigenvalue weighted by Crippen LogP contribution is -2.36. The number of carbonyl (C=O) groups excluding carboxylic acids is 2. The molecule has 1 N–H and O–H groups in total. The molecule has 38 heavy (non-hydrogen) atoms. The van der Waals surface area contributed by atoms with E-state index in [9.17, 15) is 9.59 Å². The molecular formula is C33H33NO4. The molecule has 0 bridgehead atoms. The summed E-state index contributed by atoms with van der Waals surface area (Å²) in [5, 5.41) is 3.43. The lowest BCUT2D eigenvalue weighted by atomic mass is 9.71. The molecule has 0 saturated heterocycles. The molecule has 2 aliphatic rings. The summed E-state index contributed by atoms with van der Waals surface area (Å²) in [6, 6.07) is 27.8. The van der Waals surface area contributed by atoms with Crippen molar-refractivity contribution < 1.29 is 19.1 Å². The van der Waals surface area contributed by atoms with E-state index in [1.165, 1.54) is 0 Å². The van der Waals surface area contributed by atoms with Gasteiger partial charge in [0.1, 0.15) is 12.4 Å². The SMILES string of the molecule is CCCOC(=O)C1=C(C)NC2=C(C(=O)C[C@@H](c3ccccc3)C2)[C@@H]1c1ccccc1OCc1ccccc1. The third-order valence-electron chi connectivity index (χ3n) is 7.22. The molecule has 1 heterocycles. The largest absolute Gasteiger partial charge is 0.489 e. The third-order valence-corrected chi connectivity index (χ3v) is 7.22. The Hall–Kier alpha value is -4.12. The predicted octanol–water partition coefficient (Wildman–Crippen LogP) is 6.58. The van der Waals surface area contributed by atoms with Crippen LogP contribution in [0.5, 0.6) is 5.75 Å². The molecule has 194 valence electrons. The molecule has 0 amide bonds. The molecule has 0 aromatic heterocycles. The molecule has 3 aromatic carbocycles. The number of nitrogens with one attached hydrogen (secondary N) is 1. The van der Waals surface area contributed by atoms with Gasteiger partial charge in [-0.15, -0.1) is 0 Å². The number of esters is 1. The van der Waals surface area contributed by atoms with Crippen molar-refractivity contribution in [2.75, 3.05) is 6.61 Å². The van der Waals surface area contributed by atoms with E-state index in [1.807, 2.05) is 86.6 Å². The van der Waals surface area contributed by atoms with Gasteiger partial charge in [-0.2, -0.15) is 0 Å². The minimum absolute atomic E-state index is 0.0451. The van der Waals surface area contributed by atoms with Gasteiger partial charge in [0.15, 0.2) is 5.78 Å². The number of Topliss-reactive ketones (excluding diaryl/α,β-unsaturated/α-hetero) is 1. The number of benzene rings is 3. The van der Waals surface area contributed by atoms with Crippen LogP contribution in [0.1, 0.15) is 61.6 Å². The average molecular weight is 508 g/mol.